The lowest BCUT2D eigenvalue weighted by Gasteiger charge is -2.30. The lowest BCUT2D eigenvalue weighted by Crippen LogP contribution is -2.56. The smallest absolute Gasteiger partial charge is 0.232 e. The predicted octanol–water partition coefficient (Wildman–Crippen LogP) is -1.47. The van der Waals surface area contributed by atoms with Crippen molar-refractivity contribution in [1.29, 1.82) is 0 Å². The minimum Gasteiger partial charge on any atom is -0.315 e. The van der Waals surface area contributed by atoms with Crippen LogP contribution in [0.15, 0.2) is 0 Å². The Kier molecular flexibility index (Phi) is 4.27. The first-order chi connectivity index (χ1) is 5.71. The first-order valence-corrected chi connectivity index (χ1v) is 5.50. The first kappa shape index (κ1) is 12.8. The van der Waals surface area contributed by atoms with Crippen LogP contribution in [0.3, 0.4) is 0 Å². The molecule has 0 saturated carbocycles. The van der Waals surface area contributed by atoms with Crippen LogP contribution in [0.2, 0.25) is 0 Å². The standard InChI is InChI=1S/C6H18N4O2S/c1-4(7)10(5(2)8)13(11,12)6(3)9/h4-6H,7-9H2,1-3H3. The molecule has 0 aromatic heterocycles. The molecule has 0 aromatic rings. The SMILES string of the molecule is CC(N)N(C(C)N)S(=O)(=O)C(C)N. The van der Waals surface area contributed by atoms with Gasteiger partial charge in [-0.25, -0.2) is 8.42 Å². The Morgan fingerprint density at radius 2 is 1.31 bits per heavy atom. The molecule has 0 aliphatic rings. The van der Waals surface area contributed by atoms with Gasteiger partial charge in [0, 0.05) is 0 Å². The Morgan fingerprint density at radius 3 is 1.38 bits per heavy atom. The largest absolute Gasteiger partial charge is 0.315 e. The van der Waals surface area contributed by atoms with E-state index in [-0.39, 0.29) is 0 Å². The summed E-state index contributed by atoms with van der Waals surface area (Å²) in [7, 11) is -3.58. The Morgan fingerprint density at radius 1 is 1.00 bits per heavy atom. The van der Waals surface area contributed by atoms with Crippen molar-refractivity contribution < 1.29 is 8.42 Å². The van der Waals surface area contributed by atoms with Crippen LogP contribution in [0, 0.1) is 0 Å². The molecule has 6 N–H and O–H groups in total. The van der Waals surface area contributed by atoms with E-state index in [9.17, 15) is 8.42 Å². The fourth-order valence-electron chi connectivity index (χ4n) is 1.03. The van der Waals surface area contributed by atoms with Gasteiger partial charge in [-0.3, -0.25) is 0 Å². The van der Waals surface area contributed by atoms with Gasteiger partial charge < -0.3 is 17.2 Å². The highest BCUT2D eigenvalue weighted by Gasteiger charge is 2.31. The van der Waals surface area contributed by atoms with Gasteiger partial charge in [-0.2, -0.15) is 4.31 Å². The minimum atomic E-state index is -3.58. The van der Waals surface area contributed by atoms with Crippen molar-refractivity contribution in [3.8, 4) is 0 Å². The van der Waals surface area contributed by atoms with Crippen molar-refractivity contribution in [2.24, 2.45) is 17.2 Å². The monoisotopic (exact) mass is 210 g/mol. The number of hydrogen-bond acceptors (Lipinski definition) is 5. The van der Waals surface area contributed by atoms with Crippen LogP contribution in [0.1, 0.15) is 20.8 Å². The number of nitrogens with zero attached hydrogens (tertiary/aromatic N) is 1. The second-order valence-corrected chi connectivity index (χ2v) is 5.26. The quantitative estimate of drug-likeness (QED) is 0.490. The molecule has 6 nitrogen and oxygen atoms in total. The third-order valence-electron chi connectivity index (χ3n) is 1.57. The van der Waals surface area contributed by atoms with Crippen molar-refractivity contribution in [3.05, 3.63) is 0 Å². The molecule has 80 valence electrons. The van der Waals surface area contributed by atoms with Crippen LogP contribution < -0.4 is 17.2 Å². The minimum absolute atomic E-state index is 0.670. The van der Waals surface area contributed by atoms with Gasteiger partial charge in [0.1, 0.15) is 5.37 Å². The van der Waals surface area contributed by atoms with Gasteiger partial charge in [-0.05, 0) is 20.8 Å². The molecule has 0 bridgehead atoms. The summed E-state index contributed by atoms with van der Waals surface area (Å²) in [6, 6.07) is 0. The molecule has 0 aliphatic heterocycles. The first-order valence-electron chi connectivity index (χ1n) is 4.00. The predicted molar refractivity (Wildman–Crippen MR) is 51.7 cm³/mol. The number of hydrogen-bond donors (Lipinski definition) is 3. The van der Waals surface area contributed by atoms with E-state index in [0.29, 0.717) is 0 Å². The van der Waals surface area contributed by atoms with Crippen LogP contribution in [-0.4, -0.2) is 30.4 Å². The van der Waals surface area contributed by atoms with Gasteiger partial charge in [0.25, 0.3) is 0 Å². The van der Waals surface area contributed by atoms with Gasteiger partial charge >= 0.3 is 0 Å². The molecule has 0 rings (SSSR count). The van der Waals surface area contributed by atoms with Crippen molar-refractivity contribution >= 4 is 10.0 Å². The molecule has 0 radical (unpaired) electrons. The third kappa shape index (κ3) is 2.89. The lowest BCUT2D eigenvalue weighted by atomic mass is 10.5. The molecule has 0 amide bonds. The summed E-state index contributed by atoms with van der Waals surface area (Å²) >= 11 is 0. The Bertz CT molecular complexity index is 239. The van der Waals surface area contributed by atoms with E-state index in [0.717, 1.165) is 4.31 Å². The molecular weight excluding hydrogens is 192 g/mol. The zero-order valence-electron chi connectivity index (χ0n) is 8.14. The van der Waals surface area contributed by atoms with Crippen LogP contribution >= 0.6 is 0 Å². The van der Waals surface area contributed by atoms with E-state index >= 15 is 0 Å². The van der Waals surface area contributed by atoms with Gasteiger partial charge in [0.15, 0.2) is 0 Å². The van der Waals surface area contributed by atoms with Crippen molar-refractivity contribution in [3.63, 3.8) is 0 Å². The second kappa shape index (κ2) is 4.34. The van der Waals surface area contributed by atoms with E-state index in [2.05, 4.69) is 0 Å². The van der Waals surface area contributed by atoms with E-state index in [4.69, 9.17) is 17.2 Å². The molecule has 13 heavy (non-hydrogen) atoms. The fourth-order valence-corrected chi connectivity index (χ4v) is 2.34. The summed E-state index contributed by atoms with van der Waals surface area (Å²) in [4.78, 5) is 0. The molecule has 0 heterocycles. The molecule has 7 heteroatoms. The molecule has 3 unspecified atom stereocenters. The van der Waals surface area contributed by atoms with E-state index in [1.807, 2.05) is 0 Å². The van der Waals surface area contributed by atoms with Gasteiger partial charge in [0.2, 0.25) is 10.0 Å². The molecule has 0 aromatic carbocycles. The van der Waals surface area contributed by atoms with Crippen molar-refractivity contribution in [1.82, 2.24) is 4.31 Å². The maximum atomic E-state index is 11.6. The summed E-state index contributed by atoms with van der Waals surface area (Å²) in [6.45, 7) is 4.47. The summed E-state index contributed by atoms with van der Waals surface area (Å²) < 4.78 is 24.1. The molecule has 0 fully saturated rings. The lowest BCUT2D eigenvalue weighted by molar-refractivity contribution is 0.280. The van der Waals surface area contributed by atoms with Gasteiger partial charge in [-0.1, -0.05) is 0 Å². The number of sulfonamides is 1. The summed E-state index contributed by atoms with van der Waals surface area (Å²) in [5, 5.41) is -0.996. The second-order valence-electron chi connectivity index (χ2n) is 3.06. The fraction of sp³-hybridized carbons (Fsp3) is 1.00. The van der Waals surface area contributed by atoms with Crippen molar-refractivity contribution in [2.75, 3.05) is 0 Å². The maximum Gasteiger partial charge on any atom is 0.232 e. The molecule has 0 aliphatic carbocycles. The zero-order valence-corrected chi connectivity index (χ0v) is 8.95. The third-order valence-corrected chi connectivity index (χ3v) is 3.76. The highest BCUT2D eigenvalue weighted by atomic mass is 32.2. The summed E-state index contributed by atoms with van der Waals surface area (Å²) in [5.74, 6) is 0. The van der Waals surface area contributed by atoms with Crippen LogP contribution in [0.4, 0.5) is 0 Å². The summed E-state index contributed by atoms with van der Waals surface area (Å²) in [6.07, 6.45) is -1.34. The highest BCUT2D eigenvalue weighted by molar-refractivity contribution is 7.89. The topological polar surface area (TPSA) is 115 Å². The van der Waals surface area contributed by atoms with E-state index < -0.39 is 27.7 Å². The zero-order chi connectivity index (χ0) is 10.8. The van der Waals surface area contributed by atoms with Crippen LogP contribution in [0.25, 0.3) is 0 Å². The number of rotatable bonds is 4. The Labute approximate surface area is 79.1 Å². The van der Waals surface area contributed by atoms with Crippen molar-refractivity contribution in [2.45, 2.75) is 38.5 Å². The maximum absolute atomic E-state index is 11.6. The average Bonchev–Trinajstić information content (AvgIpc) is 1.82. The van der Waals surface area contributed by atoms with Crippen LogP contribution in [0.5, 0.6) is 0 Å². The van der Waals surface area contributed by atoms with Crippen LogP contribution in [-0.2, 0) is 10.0 Å². The van der Waals surface area contributed by atoms with E-state index in [1.54, 1.807) is 13.8 Å². The number of nitrogens with two attached hydrogens (primary N) is 3. The summed E-state index contributed by atoms with van der Waals surface area (Å²) in [5.41, 5.74) is 16.3. The van der Waals surface area contributed by atoms with Gasteiger partial charge in [0.05, 0.1) is 12.3 Å². The van der Waals surface area contributed by atoms with Gasteiger partial charge in [-0.15, -0.1) is 0 Å². The molecule has 0 spiro atoms. The molecular formula is C6H18N4O2S. The molecule has 3 atom stereocenters. The van der Waals surface area contributed by atoms with E-state index in [1.165, 1.54) is 6.92 Å². The Balaban J connectivity index is 4.97. The average molecular weight is 210 g/mol. The molecule has 0 saturated heterocycles. The normalized spacial score (nSPS) is 19.9. The Hall–Kier alpha value is -0.210. The highest BCUT2D eigenvalue weighted by Crippen LogP contribution is 2.09.